The molecule has 0 radical (unpaired) electrons. The first-order valence-electron chi connectivity index (χ1n) is 20.7. The predicted octanol–water partition coefficient (Wildman–Crippen LogP) is 7.83. The largest absolute Gasteiger partial charge is 0.394 e. The molecule has 1 amide bonds. The van der Waals surface area contributed by atoms with Crippen LogP contribution in [0.5, 0.6) is 0 Å². The third-order valence-corrected chi connectivity index (χ3v) is 9.29. The van der Waals surface area contributed by atoms with Gasteiger partial charge in [0.2, 0.25) is 5.91 Å². The van der Waals surface area contributed by atoms with Crippen LogP contribution in [0.2, 0.25) is 0 Å². The summed E-state index contributed by atoms with van der Waals surface area (Å²) >= 11 is 0. The molecule has 0 spiro atoms. The van der Waals surface area contributed by atoms with E-state index in [9.17, 15) is 30.3 Å². The Morgan fingerprint density at radius 2 is 1.17 bits per heavy atom. The molecule has 1 heterocycles. The van der Waals surface area contributed by atoms with Crippen molar-refractivity contribution in [1.82, 2.24) is 5.32 Å². The van der Waals surface area contributed by atoms with Crippen LogP contribution in [0.3, 0.4) is 0 Å². The van der Waals surface area contributed by atoms with Crippen LogP contribution < -0.4 is 5.32 Å². The topological polar surface area (TPSA) is 149 Å². The van der Waals surface area contributed by atoms with E-state index in [1.807, 2.05) is 6.08 Å². The van der Waals surface area contributed by atoms with Gasteiger partial charge < -0.3 is 40.3 Å². The van der Waals surface area contributed by atoms with Crippen LogP contribution >= 0.6 is 0 Å². The molecule has 1 saturated heterocycles. The van der Waals surface area contributed by atoms with Crippen molar-refractivity contribution in [2.24, 2.45) is 0 Å². The van der Waals surface area contributed by atoms with Gasteiger partial charge in [-0.05, 0) is 64.2 Å². The fourth-order valence-electron chi connectivity index (χ4n) is 5.94. The number of hydrogen-bond acceptors (Lipinski definition) is 8. The second-order valence-electron chi connectivity index (χ2n) is 14.0. The predicted molar refractivity (Wildman–Crippen MR) is 216 cm³/mol. The third-order valence-electron chi connectivity index (χ3n) is 9.29. The van der Waals surface area contributed by atoms with Crippen LogP contribution in [0.25, 0.3) is 0 Å². The van der Waals surface area contributed by atoms with E-state index in [0.717, 1.165) is 89.9 Å². The summed E-state index contributed by atoms with van der Waals surface area (Å²) in [6, 6.07) is -0.816. The van der Waals surface area contributed by atoms with Crippen LogP contribution in [0, 0.1) is 0 Å². The molecule has 9 nitrogen and oxygen atoms in total. The van der Waals surface area contributed by atoms with E-state index >= 15 is 0 Å². The molecule has 1 fully saturated rings. The van der Waals surface area contributed by atoms with E-state index in [1.54, 1.807) is 6.08 Å². The highest BCUT2D eigenvalue weighted by molar-refractivity contribution is 5.76. The fourth-order valence-corrected chi connectivity index (χ4v) is 5.94. The van der Waals surface area contributed by atoms with Crippen molar-refractivity contribution in [3.63, 3.8) is 0 Å². The number of nitrogens with one attached hydrogen (secondary N) is 1. The van der Waals surface area contributed by atoms with Crippen molar-refractivity contribution in [1.29, 1.82) is 0 Å². The lowest BCUT2D eigenvalue weighted by atomic mass is 9.99. The summed E-state index contributed by atoms with van der Waals surface area (Å²) in [4.78, 5) is 12.9. The Kier molecular flexibility index (Phi) is 31.3. The van der Waals surface area contributed by atoms with Gasteiger partial charge in [-0.15, -0.1) is 0 Å². The Bertz CT molecular complexity index is 1050. The quantitative estimate of drug-likeness (QED) is 0.0302. The molecule has 0 saturated carbocycles. The van der Waals surface area contributed by atoms with Gasteiger partial charge in [0.15, 0.2) is 6.29 Å². The van der Waals surface area contributed by atoms with Gasteiger partial charge in [0.25, 0.3) is 0 Å². The number of aliphatic hydroxyl groups is 5. The van der Waals surface area contributed by atoms with Crippen molar-refractivity contribution in [2.45, 2.75) is 185 Å². The van der Waals surface area contributed by atoms with Crippen LogP contribution in [0.4, 0.5) is 0 Å². The second-order valence-corrected chi connectivity index (χ2v) is 14.0. The van der Waals surface area contributed by atoms with Gasteiger partial charge in [-0.25, -0.2) is 0 Å². The lowest BCUT2D eigenvalue weighted by molar-refractivity contribution is -0.302. The Morgan fingerprint density at radius 3 is 1.74 bits per heavy atom. The highest BCUT2D eigenvalue weighted by atomic mass is 16.7. The van der Waals surface area contributed by atoms with E-state index in [1.165, 1.54) is 32.1 Å². The van der Waals surface area contributed by atoms with Crippen LogP contribution in [0.1, 0.15) is 142 Å². The normalized spacial score (nSPS) is 22.4. The van der Waals surface area contributed by atoms with Gasteiger partial charge in [0, 0.05) is 6.42 Å². The Labute approximate surface area is 321 Å². The van der Waals surface area contributed by atoms with Gasteiger partial charge >= 0.3 is 0 Å². The smallest absolute Gasteiger partial charge is 0.220 e. The number of carbonyl (C=O) groups is 1. The van der Waals surface area contributed by atoms with Crippen LogP contribution in [0.15, 0.2) is 72.9 Å². The SMILES string of the molecule is CC/C=C\C/C=C\C/C=C\C/C=C\C/C=C\CCCCCCCC(=O)NC(COC1OC(CO)C(O)C(O)C1O)C(O)/C=C/CCCCCCCCC. The Hall–Kier alpha value is -2.37. The minimum atomic E-state index is -1.57. The summed E-state index contributed by atoms with van der Waals surface area (Å²) < 4.78 is 11.1. The molecule has 0 aromatic heterocycles. The highest BCUT2D eigenvalue weighted by Gasteiger charge is 2.44. The molecular weight excluding hydrogens is 670 g/mol. The molecule has 7 atom stereocenters. The molecule has 0 aromatic carbocycles. The maximum absolute atomic E-state index is 12.9. The lowest BCUT2D eigenvalue weighted by Crippen LogP contribution is -2.60. The Morgan fingerprint density at radius 1 is 0.660 bits per heavy atom. The van der Waals surface area contributed by atoms with Gasteiger partial charge in [-0.3, -0.25) is 4.79 Å². The zero-order valence-electron chi connectivity index (χ0n) is 33.0. The summed E-state index contributed by atoms with van der Waals surface area (Å²) in [5.74, 6) is -0.203. The van der Waals surface area contributed by atoms with Crippen molar-refractivity contribution < 1.29 is 39.8 Å². The minimum absolute atomic E-state index is 0.201. The minimum Gasteiger partial charge on any atom is -0.394 e. The Balaban J connectivity index is 2.37. The van der Waals surface area contributed by atoms with Crippen molar-refractivity contribution in [3.8, 4) is 0 Å². The monoisotopic (exact) mass is 746 g/mol. The number of unbranched alkanes of at least 4 members (excludes halogenated alkanes) is 12. The molecule has 0 bridgehead atoms. The van der Waals surface area contributed by atoms with E-state index in [0.29, 0.717) is 6.42 Å². The van der Waals surface area contributed by atoms with Crippen LogP contribution in [-0.2, 0) is 14.3 Å². The first-order chi connectivity index (χ1) is 25.8. The van der Waals surface area contributed by atoms with Crippen molar-refractivity contribution >= 4 is 5.91 Å². The summed E-state index contributed by atoms with van der Waals surface area (Å²) in [5, 5.41) is 53.9. The number of hydrogen-bond donors (Lipinski definition) is 6. The number of amides is 1. The average Bonchev–Trinajstić information content (AvgIpc) is 3.16. The van der Waals surface area contributed by atoms with E-state index in [-0.39, 0.29) is 12.5 Å². The molecule has 304 valence electrons. The molecule has 1 rings (SSSR count). The fraction of sp³-hybridized carbons (Fsp3) is 0.705. The molecule has 0 aliphatic carbocycles. The maximum Gasteiger partial charge on any atom is 0.220 e. The zero-order valence-corrected chi connectivity index (χ0v) is 33.0. The molecule has 6 N–H and O–H groups in total. The highest BCUT2D eigenvalue weighted by Crippen LogP contribution is 2.22. The first kappa shape index (κ1) is 48.6. The van der Waals surface area contributed by atoms with E-state index < -0.39 is 49.5 Å². The number of rotatable bonds is 32. The summed E-state index contributed by atoms with van der Waals surface area (Å²) in [6.07, 6.45) is 38.0. The molecule has 53 heavy (non-hydrogen) atoms. The standard InChI is InChI=1S/C44H75NO8/c1-3-5-7-9-11-13-14-15-16-17-18-19-20-21-22-23-24-26-28-30-32-34-40(48)45-37(38(47)33-31-29-27-25-12-10-8-6-4-2)36-52-44-43(51)42(50)41(49)39(35-46)53-44/h5,7,11,13,15-16,18-19,21-22,31,33,37-39,41-44,46-47,49-51H,3-4,6,8-10,12,14,17,20,23-30,32,34-36H2,1-2H3,(H,45,48)/b7-5-,13-11-,16-15-,19-18-,22-21-,33-31+. The van der Waals surface area contributed by atoms with Gasteiger partial charge in [-0.1, -0.05) is 145 Å². The first-order valence-corrected chi connectivity index (χ1v) is 20.7. The number of carbonyl (C=O) groups excluding carboxylic acids is 1. The third kappa shape index (κ3) is 25.4. The van der Waals surface area contributed by atoms with E-state index in [2.05, 4.69) is 79.9 Å². The molecule has 1 aliphatic heterocycles. The van der Waals surface area contributed by atoms with Gasteiger partial charge in [-0.2, -0.15) is 0 Å². The van der Waals surface area contributed by atoms with Crippen molar-refractivity contribution in [2.75, 3.05) is 13.2 Å². The number of ether oxygens (including phenoxy) is 2. The summed E-state index contributed by atoms with van der Waals surface area (Å²) in [6.45, 7) is 3.58. The second kappa shape index (κ2) is 34.1. The van der Waals surface area contributed by atoms with Gasteiger partial charge in [0.05, 0.1) is 25.4 Å². The molecule has 9 heteroatoms. The lowest BCUT2D eigenvalue weighted by Gasteiger charge is -2.40. The van der Waals surface area contributed by atoms with Crippen molar-refractivity contribution in [3.05, 3.63) is 72.9 Å². The van der Waals surface area contributed by atoms with Gasteiger partial charge in [0.1, 0.15) is 24.4 Å². The van der Waals surface area contributed by atoms with E-state index in [4.69, 9.17) is 9.47 Å². The molecule has 1 aliphatic rings. The number of allylic oxidation sites excluding steroid dienone is 11. The summed E-state index contributed by atoms with van der Waals surface area (Å²) in [7, 11) is 0. The van der Waals surface area contributed by atoms with Crippen LogP contribution in [-0.4, -0.2) is 87.5 Å². The zero-order chi connectivity index (χ0) is 38.8. The molecule has 0 aromatic rings. The molecular formula is C44H75NO8. The number of aliphatic hydroxyl groups excluding tert-OH is 5. The summed E-state index contributed by atoms with van der Waals surface area (Å²) in [5.41, 5.74) is 0. The average molecular weight is 746 g/mol. The molecule has 7 unspecified atom stereocenters. The maximum atomic E-state index is 12.9.